The number of benzene rings is 1. The second-order valence-corrected chi connectivity index (χ2v) is 9.45. The molecule has 0 spiro atoms. The second-order valence-electron chi connectivity index (χ2n) is 6.85. The molecule has 1 N–H and O–H groups in total. The van der Waals surface area contributed by atoms with Gasteiger partial charge in [-0.2, -0.15) is 5.10 Å². The zero-order valence-corrected chi connectivity index (χ0v) is 17.7. The molecule has 0 aliphatic rings. The molecule has 0 radical (unpaired) electrons. The molecule has 0 aliphatic heterocycles. The van der Waals surface area contributed by atoms with Crippen LogP contribution in [0.25, 0.3) is 16.9 Å². The number of carboxylic acids is 1. The molecule has 0 aliphatic carbocycles. The topological polar surface area (TPSA) is 77.2 Å². The Kier molecular flexibility index (Phi) is 5.28. The number of alkyl halides is 1. The lowest BCUT2D eigenvalue weighted by atomic mass is 9.98. The lowest BCUT2D eigenvalue weighted by Gasteiger charge is -2.20. The van der Waals surface area contributed by atoms with Crippen LogP contribution in [0.15, 0.2) is 42.7 Å². The lowest BCUT2D eigenvalue weighted by molar-refractivity contribution is 0.0690. The summed E-state index contributed by atoms with van der Waals surface area (Å²) in [6.45, 7) is 5.92. The zero-order chi connectivity index (χ0) is 19.8. The predicted molar refractivity (Wildman–Crippen MR) is 115 cm³/mol. The van der Waals surface area contributed by atoms with Crippen LogP contribution in [-0.2, 0) is 0 Å². The molecule has 0 saturated carbocycles. The first kappa shape index (κ1) is 19.4. The molecule has 0 fully saturated rings. The number of halogens is 1. The number of rotatable bonds is 5. The van der Waals surface area contributed by atoms with Crippen molar-refractivity contribution in [2.45, 2.75) is 24.4 Å². The Hall–Kier alpha value is -2.36. The highest BCUT2D eigenvalue weighted by molar-refractivity contribution is 14.1. The molecule has 3 rings (SSSR count). The highest BCUT2D eigenvalue weighted by Crippen LogP contribution is 2.31. The van der Waals surface area contributed by atoms with Gasteiger partial charge < -0.3 is 9.84 Å². The van der Waals surface area contributed by atoms with Gasteiger partial charge in [-0.1, -0.05) is 5.46 Å². The summed E-state index contributed by atoms with van der Waals surface area (Å²) < 4.78 is 7.23. The summed E-state index contributed by atoms with van der Waals surface area (Å²) in [6.07, 6.45) is 3.40. The molecule has 6 nitrogen and oxygen atoms in total. The van der Waals surface area contributed by atoms with Crippen LogP contribution in [0.1, 0.15) is 29.9 Å². The van der Waals surface area contributed by atoms with E-state index in [4.69, 9.17) is 4.74 Å². The van der Waals surface area contributed by atoms with Crippen molar-refractivity contribution in [3.8, 4) is 22.7 Å². The maximum Gasteiger partial charge on any atom is 0.356 e. The predicted octanol–water partition coefficient (Wildman–Crippen LogP) is 2.75. The van der Waals surface area contributed by atoms with Gasteiger partial charge in [-0.05, 0) is 79.3 Å². The summed E-state index contributed by atoms with van der Waals surface area (Å²) >= 11 is 2.22. The van der Waals surface area contributed by atoms with E-state index >= 15 is 0 Å². The van der Waals surface area contributed by atoms with Crippen molar-refractivity contribution in [2.75, 3.05) is 0 Å². The molecule has 0 unspecified atom stereocenters. The van der Waals surface area contributed by atoms with Crippen molar-refractivity contribution in [3.05, 3.63) is 54.0 Å². The van der Waals surface area contributed by atoms with Crippen LogP contribution in [0.2, 0.25) is 0 Å². The van der Waals surface area contributed by atoms with E-state index in [1.807, 2.05) is 52.9 Å². The van der Waals surface area contributed by atoms with E-state index in [2.05, 4.69) is 32.7 Å². The molecule has 2 aromatic heterocycles. The maximum atomic E-state index is 11.5. The van der Waals surface area contributed by atoms with Gasteiger partial charge in [-0.3, -0.25) is 4.98 Å². The number of aromatic nitrogens is 3. The Morgan fingerprint density at radius 2 is 1.96 bits per heavy atom. The monoisotopic (exact) mass is 475 g/mol. The summed E-state index contributed by atoms with van der Waals surface area (Å²) in [5.74, 6) is -0.357. The van der Waals surface area contributed by atoms with Crippen molar-refractivity contribution in [3.63, 3.8) is 0 Å². The summed E-state index contributed by atoms with van der Waals surface area (Å²) in [4.78, 5) is 15.7. The smallest absolute Gasteiger partial charge is 0.356 e. The molecule has 138 valence electrons. The first-order valence-corrected chi connectivity index (χ1v) is 9.46. The van der Waals surface area contributed by atoms with Gasteiger partial charge in [-0.15, -0.1) is 0 Å². The van der Waals surface area contributed by atoms with Gasteiger partial charge in [0.15, 0.2) is 9.30 Å². The van der Waals surface area contributed by atoms with E-state index in [0.717, 1.165) is 22.3 Å². The molecule has 1 aromatic carbocycles. The maximum absolute atomic E-state index is 11.5. The third-order valence-corrected chi connectivity index (χ3v) is 3.96. The van der Waals surface area contributed by atoms with E-state index < -0.39 is 5.97 Å². The van der Waals surface area contributed by atoms with Crippen LogP contribution in [0.3, 0.4) is 0 Å². The number of carboxylic acid groups (broad SMARTS) is 1. The highest BCUT2D eigenvalue weighted by atomic mass is 127. The number of aromatic carboxylic acids is 1. The molecule has 0 amide bonds. The number of nitrogens with zero attached hydrogens (tertiary/aromatic N) is 3. The Balaban J connectivity index is 2.18. The fraction of sp³-hybridized carbons (Fsp3) is 0.211. The summed E-state index contributed by atoms with van der Waals surface area (Å²) in [7, 11) is 1.93. The van der Waals surface area contributed by atoms with Crippen LogP contribution in [0.4, 0.5) is 0 Å². The van der Waals surface area contributed by atoms with Crippen molar-refractivity contribution < 1.29 is 14.6 Å². The SMILES string of the molecule is Bc1cncc(-n2nc(C(=O)O)cc2-c2cc(C)cc(OC(C)(C)I)c2)c1. The third kappa shape index (κ3) is 4.68. The fourth-order valence-corrected chi connectivity index (χ4v) is 3.03. The number of hydrogen-bond donors (Lipinski definition) is 1. The van der Waals surface area contributed by atoms with E-state index in [9.17, 15) is 9.90 Å². The van der Waals surface area contributed by atoms with Crippen LogP contribution in [0.5, 0.6) is 5.75 Å². The quantitative estimate of drug-likeness (QED) is 0.349. The lowest BCUT2D eigenvalue weighted by Crippen LogP contribution is -2.18. The van der Waals surface area contributed by atoms with E-state index in [1.165, 1.54) is 0 Å². The minimum Gasteiger partial charge on any atom is -0.478 e. The van der Waals surface area contributed by atoms with Gasteiger partial charge in [0.25, 0.3) is 0 Å². The second kappa shape index (κ2) is 7.34. The number of pyridine rings is 1. The van der Waals surface area contributed by atoms with Crippen LogP contribution in [0, 0.1) is 6.92 Å². The minimum atomic E-state index is -1.08. The van der Waals surface area contributed by atoms with Gasteiger partial charge >= 0.3 is 5.97 Å². The van der Waals surface area contributed by atoms with Crippen molar-refractivity contribution in [1.82, 2.24) is 14.8 Å². The van der Waals surface area contributed by atoms with Crippen molar-refractivity contribution in [1.29, 1.82) is 0 Å². The number of carbonyl (C=O) groups is 1. The molecule has 0 saturated heterocycles. The number of aryl methyl sites for hydroxylation is 1. The average Bonchev–Trinajstić information content (AvgIpc) is 2.98. The summed E-state index contributed by atoms with van der Waals surface area (Å²) in [5, 5.41) is 13.7. The van der Waals surface area contributed by atoms with E-state index in [-0.39, 0.29) is 9.30 Å². The Labute approximate surface area is 172 Å². The first-order valence-electron chi connectivity index (χ1n) is 8.38. The molecule has 27 heavy (non-hydrogen) atoms. The number of hydrogen-bond acceptors (Lipinski definition) is 4. The van der Waals surface area contributed by atoms with Crippen LogP contribution >= 0.6 is 22.6 Å². The zero-order valence-electron chi connectivity index (χ0n) is 15.5. The van der Waals surface area contributed by atoms with Gasteiger partial charge in [0.1, 0.15) is 13.6 Å². The van der Waals surface area contributed by atoms with E-state index in [0.29, 0.717) is 11.4 Å². The summed E-state index contributed by atoms with van der Waals surface area (Å²) in [5.41, 5.74) is 4.15. The fourth-order valence-electron chi connectivity index (χ4n) is 2.78. The first-order chi connectivity index (χ1) is 12.6. The normalized spacial score (nSPS) is 11.4. The molecule has 0 bridgehead atoms. The van der Waals surface area contributed by atoms with Gasteiger partial charge in [0, 0.05) is 11.8 Å². The standard InChI is InChI=1S/C19H19BIN3O3/c1-11-4-12(6-15(5-11)27-19(2,3)21)17-8-16(18(25)26)23-24(17)14-7-13(20)9-22-10-14/h4-10H,20H2,1-3H3,(H,25,26). The minimum absolute atomic E-state index is 0.0234. The largest absolute Gasteiger partial charge is 0.478 e. The van der Waals surface area contributed by atoms with Crippen molar-refractivity contribution >= 4 is 41.9 Å². The van der Waals surface area contributed by atoms with Gasteiger partial charge in [0.2, 0.25) is 0 Å². The van der Waals surface area contributed by atoms with Crippen molar-refractivity contribution in [2.24, 2.45) is 0 Å². The Bertz CT molecular complexity index is 1010. The third-order valence-electron chi connectivity index (χ3n) is 3.74. The Morgan fingerprint density at radius 3 is 2.59 bits per heavy atom. The van der Waals surface area contributed by atoms with Gasteiger partial charge in [0.05, 0.1) is 17.6 Å². The molecule has 3 aromatic rings. The highest BCUT2D eigenvalue weighted by Gasteiger charge is 2.19. The molecular formula is C19H19BIN3O3. The molecule has 0 atom stereocenters. The van der Waals surface area contributed by atoms with Crippen LogP contribution < -0.4 is 10.2 Å². The van der Waals surface area contributed by atoms with Gasteiger partial charge in [-0.25, -0.2) is 9.48 Å². The van der Waals surface area contributed by atoms with Crippen LogP contribution in [-0.4, -0.2) is 37.3 Å². The molecule has 8 heteroatoms. The number of ether oxygens (including phenoxy) is 1. The Morgan fingerprint density at radius 1 is 1.22 bits per heavy atom. The molecular weight excluding hydrogens is 456 g/mol. The summed E-state index contributed by atoms with van der Waals surface area (Å²) in [6, 6.07) is 9.32. The molecule has 2 heterocycles. The van der Waals surface area contributed by atoms with E-state index in [1.54, 1.807) is 23.1 Å². The average molecular weight is 475 g/mol.